The van der Waals surface area contributed by atoms with E-state index in [1.807, 2.05) is 50.2 Å². The molecule has 0 bridgehead atoms. The minimum absolute atomic E-state index is 0.118. The van der Waals surface area contributed by atoms with Crippen molar-refractivity contribution in [2.24, 2.45) is 0 Å². The van der Waals surface area contributed by atoms with E-state index in [0.29, 0.717) is 18.0 Å². The van der Waals surface area contributed by atoms with E-state index in [0.717, 1.165) is 16.8 Å². The molecule has 0 aliphatic heterocycles. The molecule has 2 aromatic carbocycles. The van der Waals surface area contributed by atoms with E-state index in [1.165, 1.54) is 6.92 Å². The molecule has 5 heteroatoms. The smallest absolute Gasteiger partial charge is 0.226 e. The Labute approximate surface area is 148 Å². The van der Waals surface area contributed by atoms with Crippen molar-refractivity contribution in [3.63, 3.8) is 0 Å². The summed E-state index contributed by atoms with van der Waals surface area (Å²) in [6.07, 6.45) is 0.212. The maximum absolute atomic E-state index is 12.3. The van der Waals surface area contributed by atoms with Crippen molar-refractivity contribution in [1.82, 2.24) is 0 Å². The molecule has 0 radical (unpaired) electrons. The van der Waals surface area contributed by atoms with Gasteiger partial charge in [-0.3, -0.25) is 9.59 Å². The molecule has 25 heavy (non-hydrogen) atoms. The number of nitrogens with one attached hydrogen (secondary N) is 1. The number of hydrogen-bond acceptors (Lipinski definition) is 3. The zero-order chi connectivity index (χ0) is 18.4. The molecule has 0 atom stereocenters. The average Bonchev–Trinajstić information content (AvgIpc) is 2.58. The molecule has 0 saturated heterocycles. The van der Waals surface area contributed by atoms with E-state index >= 15 is 0 Å². The van der Waals surface area contributed by atoms with Crippen LogP contribution in [0.4, 0.5) is 11.4 Å². The molecule has 0 unspecified atom stereocenters. The van der Waals surface area contributed by atoms with Crippen molar-refractivity contribution in [2.75, 3.05) is 23.9 Å². The Kier molecular flexibility index (Phi) is 6.17. The fraction of sp³-hybridized carbons (Fsp3) is 0.300. The van der Waals surface area contributed by atoms with Gasteiger partial charge in [-0.05, 0) is 43.2 Å². The molecule has 2 amide bonds. The topological polar surface area (TPSA) is 58.6 Å². The van der Waals surface area contributed by atoms with E-state index in [1.54, 1.807) is 18.1 Å². The highest BCUT2D eigenvalue weighted by Crippen LogP contribution is 2.22. The van der Waals surface area contributed by atoms with Gasteiger partial charge in [-0.2, -0.15) is 0 Å². The Morgan fingerprint density at radius 1 is 1.12 bits per heavy atom. The minimum atomic E-state index is -0.122. The number of nitrogens with zero attached hydrogens (tertiary/aromatic N) is 1. The van der Waals surface area contributed by atoms with Crippen molar-refractivity contribution in [3.8, 4) is 5.75 Å². The van der Waals surface area contributed by atoms with Crippen LogP contribution in [-0.2, 0) is 9.59 Å². The van der Waals surface area contributed by atoms with Gasteiger partial charge in [-0.25, -0.2) is 0 Å². The molecule has 2 aromatic rings. The first kappa shape index (κ1) is 18.5. The van der Waals surface area contributed by atoms with Crippen LogP contribution in [0, 0.1) is 13.8 Å². The lowest BCUT2D eigenvalue weighted by atomic mass is 10.1. The van der Waals surface area contributed by atoms with E-state index in [2.05, 4.69) is 5.32 Å². The number of ether oxygens (including phenoxy) is 1. The molecule has 0 aliphatic carbocycles. The Morgan fingerprint density at radius 3 is 2.56 bits per heavy atom. The van der Waals surface area contributed by atoms with Gasteiger partial charge in [-0.15, -0.1) is 0 Å². The van der Waals surface area contributed by atoms with Crippen LogP contribution < -0.4 is 15.0 Å². The first-order valence-electron chi connectivity index (χ1n) is 8.20. The van der Waals surface area contributed by atoms with Gasteiger partial charge in [0.15, 0.2) is 0 Å². The van der Waals surface area contributed by atoms with Crippen molar-refractivity contribution < 1.29 is 14.3 Å². The van der Waals surface area contributed by atoms with Gasteiger partial charge < -0.3 is 15.0 Å². The van der Waals surface area contributed by atoms with Crippen LogP contribution in [0.3, 0.4) is 0 Å². The SMILES string of the molecule is COc1cccc(N(CCC(=O)Nc2cc(C)ccc2C)C(C)=O)c1. The van der Waals surface area contributed by atoms with E-state index in [-0.39, 0.29) is 18.2 Å². The summed E-state index contributed by atoms with van der Waals surface area (Å²) in [6, 6.07) is 13.2. The Bertz CT molecular complexity index is 771. The molecule has 0 spiro atoms. The number of benzene rings is 2. The maximum atomic E-state index is 12.3. The summed E-state index contributed by atoms with van der Waals surface area (Å²) in [6.45, 7) is 5.73. The number of carbonyl (C=O) groups excluding carboxylic acids is 2. The summed E-state index contributed by atoms with van der Waals surface area (Å²) in [5.74, 6) is 0.430. The molecule has 0 aliphatic rings. The molecular formula is C20H24N2O3. The zero-order valence-corrected chi connectivity index (χ0v) is 15.1. The highest BCUT2D eigenvalue weighted by molar-refractivity contribution is 5.95. The monoisotopic (exact) mass is 340 g/mol. The Hall–Kier alpha value is -2.82. The van der Waals surface area contributed by atoms with Crippen LogP contribution in [0.25, 0.3) is 0 Å². The number of anilines is 2. The summed E-state index contributed by atoms with van der Waals surface area (Å²) in [7, 11) is 1.58. The van der Waals surface area contributed by atoms with Crippen LogP contribution in [0.15, 0.2) is 42.5 Å². The largest absolute Gasteiger partial charge is 0.497 e. The summed E-state index contributed by atoms with van der Waals surface area (Å²) < 4.78 is 5.20. The highest BCUT2D eigenvalue weighted by atomic mass is 16.5. The third-order valence-electron chi connectivity index (χ3n) is 3.97. The van der Waals surface area contributed by atoms with Gasteiger partial charge >= 0.3 is 0 Å². The second-order valence-electron chi connectivity index (χ2n) is 5.99. The van der Waals surface area contributed by atoms with Crippen molar-refractivity contribution in [1.29, 1.82) is 0 Å². The Morgan fingerprint density at radius 2 is 1.88 bits per heavy atom. The quantitative estimate of drug-likeness (QED) is 0.872. The molecule has 0 heterocycles. The summed E-state index contributed by atoms with van der Waals surface area (Å²) in [5, 5.41) is 2.92. The average molecular weight is 340 g/mol. The van der Waals surface area contributed by atoms with E-state index in [4.69, 9.17) is 4.74 Å². The molecule has 5 nitrogen and oxygen atoms in total. The number of carbonyl (C=O) groups is 2. The molecular weight excluding hydrogens is 316 g/mol. The maximum Gasteiger partial charge on any atom is 0.226 e. The van der Waals surface area contributed by atoms with Crippen LogP contribution in [0.1, 0.15) is 24.5 Å². The number of hydrogen-bond donors (Lipinski definition) is 1. The van der Waals surface area contributed by atoms with Gasteiger partial charge in [0.1, 0.15) is 5.75 Å². The normalized spacial score (nSPS) is 10.2. The summed E-state index contributed by atoms with van der Waals surface area (Å²) >= 11 is 0. The van der Waals surface area contributed by atoms with Crippen molar-refractivity contribution >= 4 is 23.2 Å². The van der Waals surface area contributed by atoms with E-state index in [9.17, 15) is 9.59 Å². The molecule has 0 aromatic heterocycles. The van der Waals surface area contributed by atoms with Crippen molar-refractivity contribution in [2.45, 2.75) is 27.2 Å². The first-order valence-corrected chi connectivity index (χ1v) is 8.20. The van der Waals surface area contributed by atoms with Crippen molar-refractivity contribution in [3.05, 3.63) is 53.6 Å². The summed E-state index contributed by atoms with van der Waals surface area (Å²) in [5.41, 5.74) is 3.62. The molecule has 2 rings (SSSR count). The summed E-state index contributed by atoms with van der Waals surface area (Å²) in [4.78, 5) is 25.8. The third kappa shape index (κ3) is 5.08. The lowest BCUT2D eigenvalue weighted by molar-refractivity contribution is -0.117. The van der Waals surface area contributed by atoms with Gasteiger partial charge in [0, 0.05) is 37.3 Å². The first-order chi connectivity index (χ1) is 11.9. The van der Waals surface area contributed by atoms with Gasteiger partial charge in [-0.1, -0.05) is 18.2 Å². The Balaban J connectivity index is 2.04. The lowest BCUT2D eigenvalue weighted by Crippen LogP contribution is -2.32. The standard InChI is InChI=1S/C20H24N2O3/c1-14-8-9-15(2)19(12-14)21-20(24)10-11-22(16(3)23)17-6-5-7-18(13-17)25-4/h5-9,12-13H,10-11H2,1-4H3,(H,21,24). The minimum Gasteiger partial charge on any atom is -0.497 e. The number of aryl methyl sites for hydroxylation is 2. The molecule has 1 N–H and O–H groups in total. The molecule has 0 saturated carbocycles. The van der Waals surface area contributed by atoms with Gasteiger partial charge in [0.25, 0.3) is 0 Å². The third-order valence-corrected chi connectivity index (χ3v) is 3.97. The fourth-order valence-corrected chi connectivity index (χ4v) is 2.54. The number of amides is 2. The van der Waals surface area contributed by atoms with Crippen LogP contribution >= 0.6 is 0 Å². The molecule has 0 fully saturated rings. The highest BCUT2D eigenvalue weighted by Gasteiger charge is 2.14. The number of methoxy groups -OCH3 is 1. The second kappa shape index (κ2) is 8.33. The number of rotatable bonds is 6. The van der Waals surface area contributed by atoms with Gasteiger partial charge in [0.05, 0.1) is 7.11 Å². The van der Waals surface area contributed by atoms with Crippen LogP contribution in [0.2, 0.25) is 0 Å². The molecule has 132 valence electrons. The lowest BCUT2D eigenvalue weighted by Gasteiger charge is -2.21. The van der Waals surface area contributed by atoms with Gasteiger partial charge in [0.2, 0.25) is 11.8 Å². The predicted molar refractivity (Wildman–Crippen MR) is 100 cm³/mol. The fourth-order valence-electron chi connectivity index (χ4n) is 2.54. The van der Waals surface area contributed by atoms with E-state index < -0.39 is 0 Å². The van der Waals surface area contributed by atoms with Crippen LogP contribution in [-0.4, -0.2) is 25.5 Å². The predicted octanol–water partition coefficient (Wildman–Crippen LogP) is 3.69. The second-order valence-corrected chi connectivity index (χ2v) is 5.99. The zero-order valence-electron chi connectivity index (χ0n) is 15.1. The van der Waals surface area contributed by atoms with Crippen LogP contribution in [0.5, 0.6) is 5.75 Å².